The van der Waals surface area contributed by atoms with Crippen molar-refractivity contribution in [1.82, 2.24) is 4.98 Å². The van der Waals surface area contributed by atoms with Crippen molar-refractivity contribution in [1.29, 1.82) is 0 Å². The maximum atomic E-state index is 12.2. The number of aromatic amines is 1. The second-order valence-electron chi connectivity index (χ2n) is 9.53. The zero-order valence-corrected chi connectivity index (χ0v) is 21.6. The third-order valence-electron chi connectivity index (χ3n) is 6.64. The predicted octanol–water partition coefficient (Wildman–Crippen LogP) is 7.32. The number of hydrogen-bond acceptors (Lipinski definition) is 3. The molecule has 0 radical (unpaired) electrons. The Labute approximate surface area is 198 Å². The van der Waals surface area contributed by atoms with Crippen molar-refractivity contribution in [3.05, 3.63) is 59.7 Å². The zero-order chi connectivity index (χ0) is 24.2. The van der Waals surface area contributed by atoms with E-state index < -0.39 is 14.3 Å². The third kappa shape index (κ3) is 5.08. The summed E-state index contributed by atoms with van der Waals surface area (Å²) in [5.74, 6) is 1.90. The number of fused-ring (bicyclic) bond motifs is 1. The summed E-state index contributed by atoms with van der Waals surface area (Å²) in [7, 11) is -1.97. The van der Waals surface area contributed by atoms with Crippen molar-refractivity contribution in [2.24, 2.45) is 0 Å². The smallest absolute Gasteiger partial charge is 0.339 e. The van der Waals surface area contributed by atoms with Crippen LogP contribution in [0, 0.1) is 12.3 Å². The minimum absolute atomic E-state index is 0.0336. The van der Waals surface area contributed by atoms with E-state index >= 15 is 0 Å². The predicted molar refractivity (Wildman–Crippen MR) is 139 cm³/mol. The van der Waals surface area contributed by atoms with E-state index in [4.69, 9.17) is 15.6 Å². The SMILES string of the molecule is C#CCOC(=O)c1ccc2cc(-c3ccccc3CO[Si](C(C)C)(C(C)C)C(C)C)[nH]c2c1. The second-order valence-corrected chi connectivity index (χ2v) is 15.0. The number of nitrogens with one attached hydrogen (secondary N) is 1. The Hall–Kier alpha value is -2.81. The highest BCUT2D eigenvalue weighted by Gasteiger charge is 2.45. The molecule has 174 valence electrons. The molecular weight excluding hydrogens is 426 g/mol. The molecule has 3 rings (SSSR count). The highest BCUT2D eigenvalue weighted by atomic mass is 28.4. The monoisotopic (exact) mass is 461 g/mol. The summed E-state index contributed by atoms with van der Waals surface area (Å²) in [6.45, 7) is 14.4. The van der Waals surface area contributed by atoms with Gasteiger partial charge in [0, 0.05) is 22.2 Å². The van der Waals surface area contributed by atoms with Gasteiger partial charge >= 0.3 is 5.97 Å². The van der Waals surface area contributed by atoms with Gasteiger partial charge in [-0.1, -0.05) is 77.8 Å². The van der Waals surface area contributed by atoms with E-state index in [0.29, 0.717) is 28.8 Å². The molecule has 0 saturated heterocycles. The molecule has 0 aliphatic rings. The van der Waals surface area contributed by atoms with Gasteiger partial charge in [-0.05, 0) is 40.4 Å². The Morgan fingerprint density at radius 2 is 1.67 bits per heavy atom. The van der Waals surface area contributed by atoms with Crippen molar-refractivity contribution >= 4 is 25.2 Å². The summed E-state index contributed by atoms with van der Waals surface area (Å²) in [6, 6.07) is 16.0. The van der Waals surface area contributed by atoms with Crippen LogP contribution in [0.5, 0.6) is 0 Å². The van der Waals surface area contributed by atoms with Gasteiger partial charge in [0.15, 0.2) is 6.61 Å². The molecule has 0 aliphatic heterocycles. The van der Waals surface area contributed by atoms with Gasteiger partial charge in [-0.2, -0.15) is 0 Å². The lowest BCUT2D eigenvalue weighted by Gasteiger charge is -2.42. The Morgan fingerprint density at radius 1 is 1.00 bits per heavy atom. The molecule has 0 bridgehead atoms. The number of carbonyl (C=O) groups excluding carboxylic acids is 1. The van der Waals surface area contributed by atoms with Crippen LogP contribution in [-0.2, 0) is 15.8 Å². The topological polar surface area (TPSA) is 51.3 Å². The van der Waals surface area contributed by atoms with Crippen LogP contribution in [0.4, 0.5) is 0 Å². The Kier molecular flexibility index (Phi) is 7.83. The van der Waals surface area contributed by atoms with E-state index in [-0.39, 0.29) is 6.61 Å². The van der Waals surface area contributed by atoms with Crippen LogP contribution in [0.3, 0.4) is 0 Å². The normalized spacial score (nSPS) is 12.0. The van der Waals surface area contributed by atoms with Crippen LogP contribution in [0.1, 0.15) is 57.5 Å². The van der Waals surface area contributed by atoms with Crippen molar-refractivity contribution in [2.45, 2.75) is 64.8 Å². The third-order valence-corrected chi connectivity index (χ3v) is 12.7. The van der Waals surface area contributed by atoms with Crippen LogP contribution in [-0.4, -0.2) is 25.9 Å². The molecule has 0 fully saturated rings. The standard InChI is InChI=1S/C28H35NO3Si/c1-8-15-31-28(30)23-14-13-22-16-27(29-26(22)17-23)25-12-10-9-11-24(25)18-32-33(19(2)3,20(4)5)21(6)7/h1,9-14,16-17,19-21,29H,15,18H2,2-7H3. The number of carbonyl (C=O) groups is 1. The van der Waals surface area contributed by atoms with E-state index in [9.17, 15) is 4.79 Å². The van der Waals surface area contributed by atoms with E-state index in [1.54, 1.807) is 6.07 Å². The molecule has 5 heteroatoms. The number of esters is 1. The first-order valence-electron chi connectivity index (χ1n) is 11.7. The molecule has 0 unspecified atom stereocenters. The highest BCUT2D eigenvalue weighted by Crippen LogP contribution is 2.43. The molecule has 0 aliphatic carbocycles. The molecule has 0 atom stereocenters. The average Bonchev–Trinajstić information content (AvgIpc) is 3.20. The number of rotatable bonds is 9. The van der Waals surface area contributed by atoms with Gasteiger partial charge in [-0.25, -0.2) is 4.79 Å². The molecule has 3 aromatic rings. The van der Waals surface area contributed by atoms with E-state index in [2.05, 4.69) is 76.7 Å². The fourth-order valence-electron chi connectivity index (χ4n) is 5.20. The Bertz CT molecular complexity index is 1130. The summed E-state index contributed by atoms with van der Waals surface area (Å²) in [6.07, 6.45) is 5.19. The lowest BCUT2D eigenvalue weighted by Crippen LogP contribution is -2.47. The zero-order valence-electron chi connectivity index (χ0n) is 20.6. The van der Waals surface area contributed by atoms with Crippen molar-refractivity contribution < 1.29 is 14.0 Å². The minimum Gasteiger partial charge on any atom is -0.449 e. The fraction of sp³-hybridized carbons (Fsp3) is 0.393. The number of H-pyrrole nitrogens is 1. The van der Waals surface area contributed by atoms with Crippen LogP contribution in [0.25, 0.3) is 22.2 Å². The van der Waals surface area contributed by atoms with Crippen molar-refractivity contribution in [3.8, 4) is 23.6 Å². The quantitative estimate of drug-likeness (QED) is 0.206. The molecule has 0 amide bonds. The number of ether oxygens (including phenoxy) is 1. The summed E-state index contributed by atoms with van der Waals surface area (Å²) in [4.78, 5) is 15.7. The molecule has 33 heavy (non-hydrogen) atoms. The molecule has 1 N–H and O–H groups in total. The van der Waals surface area contributed by atoms with Crippen LogP contribution >= 0.6 is 0 Å². The number of hydrogen-bond donors (Lipinski definition) is 1. The first kappa shape index (κ1) is 24.8. The maximum Gasteiger partial charge on any atom is 0.339 e. The van der Waals surface area contributed by atoms with Gasteiger partial charge in [0.25, 0.3) is 0 Å². The molecule has 0 spiro atoms. The van der Waals surface area contributed by atoms with Gasteiger partial charge in [0.2, 0.25) is 8.32 Å². The molecule has 1 heterocycles. The molecule has 2 aromatic carbocycles. The van der Waals surface area contributed by atoms with Gasteiger partial charge in [-0.3, -0.25) is 0 Å². The van der Waals surface area contributed by atoms with Gasteiger partial charge in [0.1, 0.15) is 0 Å². The summed E-state index contributed by atoms with van der Waals surface area (Å²) >= 11 is 0. The summed E-state index contributed by atoms with van der Waals surface area (Å²) < 4.78 is 11.9. The van der Waals surface area contributed by atoms with E-state index in [1.165, 1.54) is 0 Å². The number of aromatic nitrogens is 1. The molecule has 0 saturated carbocycles. The number of benzene rings is 2. The summed E-state index contributed by atoms with van der Waals surface area (Å²) in [5.41, 5.74) is 6.24. The maximum absolute atomic E-state index is 12.2. The highest BCUT2D eigenvalue weighted by molar-refractivity contribution is 6.77. The Balaban J connectivity index is 1.92. The van der Waals surface area contributed by atoms with Crippen molar-refractivity contribution in [2.75, 3.05) is 6.61 Å². The molecular formula is C28H35NO3Si. The average molecular weight is 462 g/mol. The van der Waals surface area contributed by atoms with Gasteiger partial charge in [0.05, 0.1) is 12.2 Å². The van der Waals surface area contributed by atoms with E-state index in [0.717, 1.165) is 27.7 Å². The Morgan fingerprint density at radius 3 is 2.30 bits per heavy atom. The largest absolute Gasteiger partial charge is 0.449 e. The molecule has 1 aromatic heterocycles. The van der Waals surface area contributed by atoms with Gasteiger partial charge < -0.3 is 14.1 Å². The first-order valence-corrected chi connectivity index (χ1v) is 13.8. The lowest BCUT2D eigenvalue weighted by atomic mass is 10.1. The molecule has 4 nitrogen and oxygen atoms in total. The van der Waals surface area contributed by atoms with Crippen LogP contribution in [0.15, 0.2) is 48.5 Å². The summed E-state index contributed by atoms with van der Waals surface area (Å²) in [5, 5.41) is 1.03. The van der Waals surface area contributed by atoms with Crippen LogP contribution in [0.2, 0.25) is 16.6 Å². The fourth-order valence-corrected chi connectivity index (χ4v) is 10.6. The lowest BCUT2D eigenvalue weighted by molar-refractivity contribution is 0.0557. The van der Waals surface area contributed by atoms with Crippen LogP contribution < -0.4 is 0 Å². The van der Waals surface area contributed by atoms with Gasteiger partial charge in [-0.15, -0.1) is 6.42 Å². The first-order chi connectivity index (χ1) is 15.7. The second kappa shape index (κ2) is 10.4. The minimum atomic E-state index is -1.97. The van der Waals surface area contributed by atoms with E-state index in [1.807, 2.05) is 18.2 Å². The number of terminal acetylenes is 1. The van der Waals surface area contributed by atoms with Crippen molar-refractivity contribution in [3.63, 3.8) is 0 Å².